The van der Waals surface area contributed by atoms with Crippen LogP contribution >= 0.6 is 0 Å². The first-order valence-corrected chi connectivity index (χ1v) is 9.05. The molecule has 1 aromatic rings. The molecule has 1 fully saturated rings. The number of amides is 3. The minimum atomic E-state index is -0.463. The number of likely N-dealkylation sites (tertiary alicyclic amines) is 1. The molecule has 0 saturated carbocycles. The normalized spacial score (nSPS) is 14.6. The van der Waals surface area contributed by atoms with E-state index in [0.717, 1.165) is 12.1 Å². The summed E-state index contributed by atoms with van der Waals surface area (Å²) in [4.78, 5) is 39.0. The van der Waals surface area contributed by atoms with E-state index in [0.29, 0.717) is 32.5 Å². The number of urea groups is 1. The van der Waals surface area contributed by atoms with Gasteiger partial charge in [0.2, 0.25) is 0 Å². The van der Waals surface area contributed by atoms with E-state index in [-0.39, 0.29) is 24.5 Å². The van der Waals surface area contributed by atoms with Crippen LogP contribution in [0.15, 0.2) is 30.3 Å². The van der Waals surface area contributed by atoms with Gasteiger partial charge in [-0.1, -0.05) is 25.1 Å². The summed E-state index contributed by atoms with van der Waals surface area (Å²) in [6.07, 6.45) is 1.78. The second-order valence-corrected chi connectivity index (χ2v) is 6.46. The van der Waals surface area contributed by atoms with Gasteiger partial charge in [-0.05, 0) is 38.3 Å². The van der Waals surface area contributed by atoms with E-state index in [2.05, 4.69) is 5.32 Å². The quantitative estimate of drug-likeness (QED) is 0.844. The number of nitrogens with one attached hydrogen (secondary N) is 1. The Kier molecular flexibility index (Phi) is 7.44. The number of carbonyl (C=O) groups is 3. The van der Waals surface area contributed by atoms with Crippen molar-refractivity contribution < 1.29 is 19.1 Å². The van der Waals surface area contributed by atoms with E-state index in [9.17, 15) is 14.4 Å². The van der Waals surface area contributed by atoms with Crippen molar-refractivity contribution in [1.29, 1.82) is 0 Å². The van der Waals surface area contributed by atoms with Crippen LogP contribution in [0.5, 0.6) is 0 Å². The van der Waals surface area contributed by atoms with E-state index in [1.165, 1.54) is 6.92 Å². The predicted molar refractivity (Wildman–Crippen MR) is 99.1 cm³/mol. The topological polar surface area (TPSA) is 79.0 Å². The molecule has 0 aliphatic carbocycles. The molecule has 0 unspecified atom stereocenters. The van der Waals surface area contributed by atoms with Gasteiger partial charge >= 0.3 is 12.1 Å². The van der Waals surface area contributed by atoms with E-state index >= 15 is 0 Å². The third kappa shape index (κ3) is 5.75. The average Bonchev–Trinajstić information content (AvgIpc) is 2.65. The van der Waals surface area contributed by atoms with Gasteiger partial charge in [0, 0.05) is 31.4 Å². The Balaban J connectivity index is 1.90. The van der Waals surface area contributed by atoms with E-state index in [4.69, 9.17) is 4.74 Å². The maximum Gasteiger partial charge on any atom is 0.410 e. The lowest BCUT2D eigenvalue weighted by molar-refractivity contribution is -0.120. The first-order chi connectivity index (χ1) is 12.5. The fraction of sp³-hybridized carbons (Fsp3) is 0.526. The van der Waals surface area contributed by atoms with Gasteiger partial charge in [0.15, 0.2) is 12.4 Å². The molecule has 0 radical (unpaired) electrons. The van der Waals surface area contributed by atoms with E-state index in [1.807, 2.05) is 42.2 Å². The van der Waals surface area contributed by atoms with Crippen LogP contribution in [-0.2, 0) is 9.53 Å². The number of piperidine rings is 1. The van der Waals surface area contributed by atoms with Crippen molar-refractivity contribution in [3.05, 3.63) is 30.3 Å². The minimum Gasteiger partial charge on any atom is -0.441 e. The first kappa shape index (κ1) is 19.8. The highest BCUT2D eigenvalue weighted by molar-refractivity contribution is 5.89. The van der Waals surface area contributed by atoms with E-state index < -0.39 is 6.09 Å². The van der Waals surface area contributed by atoms with Crippen molar-refractivity contribution in [2.45, 2.75) is 39.2 Å². The third-order valence-electron chi connectivity index (χ3n) is 4.31. The Morgan fingerprint density at radius 2 is 1.85 bits per heavy atom. The van der Waals surface area contributed by atoms with Crippen molar-refractivity contribution in [1.82, 2.24) is 9.80 Å². The Labute approximate surface area is 154 Å². The van der Waals surface area contributed by atoms with Crippen molar-refractivity contribution in [3.8, 4) is 0 Å². The molecule has 0 bridgehead atoms. The predicted octanol–water partition coefficient (Wildman–Crippen LogP) is 3.12. The van der Waals surface area contributed by atoms with Gasteiger partial charge in [-0.15, -0.1) is 0 Å². The summed E-state index contributed by atoms with van der Waals surface area (Å²) in [6.45, 7) is 4.92. The Morgan fingerprint density at radius 3 is 2.42 bits per heavy atom. The number of ether oxygens (including phenoxy) is 1. The Hall–Kier alpha value is -2.57. The zero-order valence-corrected chi connectivity index (χ0v) is 15.4. The molecule has 26 heavy (non-hydrogen) atoms. The van der Waals surface area contributed by atoms with Crippen LogP contribution in [0.1, 0.15) is 33.1 Å². The summed E-state index contributed by atoms with van der Waals surface area (Å²) in [5.74, 6) is -0.181. The molecule has 7 heteroatoms. The second kappa shape index (κ2) is 9.79. The first-order valence-electron chi connectivity index (χ1n) is 9.05. The summed E-state index contributed by atoms with van der Waals surface area (Å²) in [6, 6.07) is 9.34. The van der Waals surface area contributed by atoms with Gasteiger partial charge < -0.3 is 19.9 Å². The summed E-state index contributed by atoms with van der Waals surface area (Å²) < 4.78 is 4.96. The number of anilines is 1. The SMILES string of the molecule is CCCN(C(=O)Nc1ccccc1)C1CCN(C(=O)OCC(C)=O)CC1. The van der Waals surface area contributed by atoms with Crippen LogP contribution in [-0.4, -0.2) is 60.0 Å². The molecule has 1 saturated heterocycles. The largest absolute Gasteiger partial charge is 0.441 e. The molecule has 0 aromatic heterocycles. The van der Waals surface area contributed by atoms with Crippen LogP contribution in [0.3, 0.4) is 0 Å². The molecule has 2 rings (SSSR count). The van der Waals surface area contributed by atoms with Crippen molar-refractivity contribution in [2.75, 3.05) is 31.6 Å². The highest BCUT2D eigenvalue weighted by Gasteiger charge is 2.30. The second-order valence-electron chi connectivity index (χ2n) is 6.46. The molecule has 3 amide bonds. The van der Waals surface area contributed by atoms with Gasteiger partial charge in [-0.2, -0.15) is 0 Å². The molecule has 0 atom stereocenters. The molecule has 1 aliphatic heterocycles. The number of carbonyl (C=O) groups excluding carboxylic acids is 3. The number of ketones is 1. The number of para-hydroxylation sites is 1. The fourth-order valence-corrected chi connectivity index (χ4v) is 3.02. The van der Waals surface area contributed by atoms with Crippen molar-refractivity contribution in [3.63, 3.8) is 0 Å². The summed E-state index contributed by atoms with van der Waals surface area (Å²) in [5, 5.41) is 2.94. The fourth-order valence-electron chi connectivity index (χ4n) is 3.02. The molecule has 1 aromatic carbocycles. The van der Waals surface area contributed by atoms with Crippen LogP contribution < -0.4 is 5.32 Å². The number of hydrogen-bond acceptors (Lipinski definition) is 4. The molecule has 1 N–H and O–H groups in total. The zero-order chi connectivity index (χ0) is 18.9. The lowest BCUT2D eigenvalue weighted by atomic mass is 10.0. The molecule has 7 nitrogen and oxygen atoms in total. The Bertz CT molecular complexity index is 612. The van der Waals surface area contributed by atoms with Crippen molar-refractivity contribution in [2.24, 2.45) is 0 Å². The van der Waals surface area contributed by atoms with Gasteiger partial charge in [-0.25, -0.2) is 9.59 Å². The molecule has 1 aliphatic rings. The van der Waals surface area contributed by atoms with Crippen LogP contribution in [0.25, 0.3) is 0 Å². The summed E-state index contributed by atoms with van der Waals surface area (Å²) >= 11 is 0. The number of hydrogen-bond donors (Lipinski definition) is 1. The van der Waals surface area contributed by atoms with Crippen LogP contribution in [0, 0.1) is 0 Å². The summed E-state index contributed by atoms with van der Waals surface area (Å²) in [7, 11) is 0. The average molecular weight is 361 g/mol. The van der Waals surface area contributed by atoms with Crippen LogP contribution in [0.4, 0.5) is 15.3 Å². The number of nitrogens with zero attached hydrogens (tertiary/aromatic N) is 2. The Morgan fingerprint density at radius 1 is 1.19 bits per heavy atom. The molecular weight excluding hydrogens is 334 g/mol. The lowest BCUT2D eigenvalue weighted by Gasteiger charge is -2.38. The smallest absolute Gasteiger partial charge is 0.410 e. The maximum atomic E-state index is 12.7. The standard InChI is InChI=1S/C19H27N3O4/c1-3-11-22(18(24)20-16-7-5-4-6-8-16)17-9-12-21(13-10-17)19(25)26-14-15(2)23/h4-8,17H,3,9-14H2,1-2H3,(H,20,24). The monoisotopic (exact) mass is 361 g/mol. The van der Waals surface area contributed by atoms with E-state index in [1.54, 1.807) is 4.90 Å². The van der Waals surface area contributed by atoms with Gasteiger partial charge in [0.05, 0.1) is 0 Å². The van der Waals surface area contributed by atoms with Crippen molar-refractivity contribution >= 4 is 23.6 Å². The molecule has 1 heterocycles. The van der Waals surface area contributed by atoms with Crippen LogP contribution in [0.2, 0.25) is 0 Å². The number of Topliss-reactive ketones (excluding diaryl/α,β-unsaturated/α-hetero) is 1. The molecular formula is C19H27N3O4. The third-order valence-corrected chi connectivity index (χ3v) is 4.31. The zero-order valence-electron chi connectivity index (χ0n) is 15.4. The molecule has 142 valence electrons. The summed E-state index contributed by atoms with van der Waals surface area (Å²) in [5.41, 5.74) is 0.767. The maximum absolute atomic E-state index is 12.7. The highest BCUT2D eigenvalue weighted by atomic mass is 16.6. The minimum absolute atomic E-state index is 0.0792. The molecule has 0 spiro atoms. The van der Waals surface area contributed by atoms with Gasteiger partial charge in [0.25, 0.3) is 0 Å². The lowest BCUT2D eigenvalue weighted by Crippen LogP contribution is -2.50. The number of benzene rings is 1. The van der Waals surface area contributed by atoms with Gasteiger partial charge in [0.1, 0.15) is 0 Å². The number of rotatable bonds is 6. The highest BCUT2D eigenvalue weighted by Crippen LogP contribution is 2.19. The van der Waals surface area contributed by atoms with Gasteiger partial charge in [-0.3, -0.25) is 4.79 Å².